The van der Waals surface area contributed by atoms with Crippen molar-refractivity contribution in [3.63, 3.8) is 0 Å². The van der Waals surface area contributed by atoms with E-state index < -0.39 is 11.9 Å². The van der Waals surface area contributed by atoms with Crippen LogP contribution < -0.4 is 5.32 Å². The Hall–Kier alpha value is -2.69. The topological polar surface area (TPSA) is 49.4 Å². The smallest absolute Gasteiger partial charge is 0.254 e. The molecule has 0 radical (unpaired) electrons. The number of carbonyl (C=O) groups is 2. The van der Waals surface area contributed by atoms with Crippen LogP contribution in [0, 0.1) is 12.7 Å². The number of piperazine rings is 1. The summed E-state index contributed by atoms with van der Waals surface area (Å²) in [6.45, 7) is 2.79. The number of amides is 2. The van der Waals surface area contributed by atoms with Gasteiger partial charge in [-0.15, -0.1) is 0 Å². The molecule has 23 heavy (non-hydrogen) atoms. The van der Waals surface area contributed by atoms with Gasteiger partial charge in [0.15, 0.2) is 0 Å². The highest BCUT2D eigenvalue weighted by Gasteiger charge is 2.34. The van der Waals surface area contributed by atoms with Crippen LogP contribution in [0.15, 0.2) is 48.5 Å². The van der Waals surface area contributed by atoms with Gasteiger partial charge in [-0.25, -0.2) is 4.39 Å². The fourth-order valence-electron chi connectivity index (χ4n) is 2.72. The minimum atomic E-state index is -0.665. The van der Waals surface area contributed by atoms with E-state index in [1.165, 1.54) is 29.2 Å². The second kappa shape index (κ2) is 6.20. The van der Waals surface area contributed by atoms with Crippen molar-refractivity contribution in [2.24, 2.45) is 0 Å². The first-order chi connectivity index (χ1) is 11.1. The Kier molecular flexibility index (Phi) is 4.10. The van der Waals surface area contributed by atoms with E-state index in [9.17, 15) is 14.0 Å². The van der Waals surface area contributed by atoms with Crippen molar-refractivity contribution in [1.82, 2.24) is 10.2 Å². The van der Waals surface area contributed by atoms with Gasteiger partial charge in [0, 0.05) is 18.7 Å². The molecule has 0 spiro atoms. The summed E-state index contributed by atoms with van der Waals surface area (Å²) in [7, 11) is 0. The third-order valence-corrected chi connectivity index (χ3v) is 3.96. The van der Waals surface area contributed by atoms with Crippen molar-refractivity contribution in [3.8, 4) is 0 Å². The quantitative estimate of drug-likeness (QED) is 0.926. The molecule has 1 heterocycles. The van der Waals surface area contributed by atoms with Gasteiger partial charge in [-0.2, -0.15) is 0 Å². The summed E-state index contributed by atoms with van der Waals surface area (Å²) in [6.07, 6.45) is 0. The molecule has 1 fully saturated rings. The van der Waals surface area contributed by atoms with E-state index >= 15 is 0 Å². The standard InChI is InChI=1S/C18H17FN2O2/c1-12-2-4-13(5-3-12)16-17(22)20-10-11-21(16)18(23)14-6-8-15(19)9-7-14/h2-9,16H,10-11H2,1H3,(H,20,22). The lowest BCUT2D eigenvalue weighted by atomic mass is 10.00. The second-order valence-electron chi connectivity index (χ2n) is 5.61. The van der Waals surface area contributed by atoms with Gasteiger partial charge >= 0.3 is 0 Å². The average molecular weight is 312 g/mol. The second-order valence-corrected chi connectivity index (χ2v) is 5.61. The molecule has 2 amide bonds. The summed E-state index contributed by atoms with van der Waals surface area (Å²) in [4.78, 5) is 26.6. The molecule has 0 bridgehead atoms. The molecule has 118 valence electrons. The van der Waals surface area contributed by atoms with Crippen LogP contribution in [0.25, 0.3) is 0 Å². The summed E-state index contributed by atoms with van der Waals surface area (Å²) >= 11 is 0. The lowest BCUT2D eigenvalue weighted by Gasteiger charge is -2.35. The number of nitrogens with zero attached hydrogens (tertiary/aromatic N) is 1. The van der Waals surface area contributed by atoms with E-state index in [2.05, 4.69) is 5.32 Å². The molecular formula is C18H17FN2O2. The molecule has 1 saturated heterocycles. The van der Waals surface area contributed by atoms with E-state index in [4.69, 9.17) is 0 Å². The Morgan fingerprint density at radius 3 is 2.43 bits per heavy atom. The highest BCUT2D eigenvalue weighted by molar-refractivity contribution is 5.98. The summed E-state index contributed by atoms with van der Waals surface area (Å²) < 4.78 is 13.0. The SMILES string of the molecule is Cc1ccc(C2C(=O)NCCN2C(=O)c2ccc(F)cc2)cc1. The van der Waals surface area contributed by atoms with Crippen LogP contribution in [0.3, 0.4) is 0 Å². The number of hydrogen-bond donors (Lipinski definition) is 1. The predicted octanol–water partition coefficient (Wildman–Crippen LogP) is 2.45. The maximum Gasteiger partial charge on any atom is 0.254 e. The number of nitrogens with one attached hydrogen (secondary N) is 1. The largest absolute Gasteiger partial charge is 0.352 e. The van der Waals surface area contributed by atoms with Crippen molar-refractivity contribution in [1.29, 1.82) is 0 Å². The normalized spacial score (nSPS) is 17.7. The van der Waals surface area contributed by atoms with Gasteiger partial charge in [0.05, 0.1) is 0 Å². The highest BCUT2D eigenvalue weighted by atomic mass is 19.1. The number of hydrogen-bond acceptors (Lipinski definition) is 2. The molecule has 0 aromatic heterocycles. The van der Waals surface area contributed by atoms with E-state index in [0.717, 1.165) is 11.1 Å². The van der Waals surface area contributed by atoms with Crippen molar-refractivity contribution in [2.45, 2.75) is 13.0 Å². The third kappa shape index (κ3) is 3.08. The van der Waals surface area contributed by atoms with Gasteiger partial charge in [0.1, 0.15) is 11.9 Å². The lowest BCUT2D eigenvalue weighted by Crippen LogP contribution is -2.52. The van der Waals surface area contributed by atoms with Crippen LogP contribution in [0.1, 0.15) is 27.5 Å². The molecule has 1 atom stereocenters. The summed E-state index contributed by atoms with van der Waals surface area (Å²) in [5, 5.41) is 2.80. The zero-order valence-corrected chi connectivity index (χ0v) is 12.8. The highest BCUT2D eigenvalue weighted by Crippen LogP contribution is 2.25. The number of benzene rings is 2. The van der Waals surface area contributed by atoms with Gasteiger partial charge < -0.3 is 10.2 Å². The molecule has 1 unspecified atom stereocenters. The van der Waals surface area contributed by atoms with E-state index in [0.29, 0.717) is 18.7 Å². The minimum Gasteiger partial charge on any atom is -0.352 e. The van der Waals surface area contributed by atoms with E-state index in [-0.39, 0.29) is 11.8 Å². The number of carbonyl (C=O) groups excluding carboxylic acids is 2. The van der Waals surface area contributed by atoms with Gasteiger partial charge in [-0.3, -0.25) is 9.59 Å². The van der Waals surface area contributed by atoms with Gasteiger partial charge in [-0.1, -0.05) is 29.8 Å². The third-order valence-electron chi connectivity index (χ3n) is 3.96. The summed E-state index contributed by atoms with van der Waals surface area (Å²) in [6, 6.07) is 12.3. The summed E-state index contributed by atoms with van der Waals surface area (Å²) in [5.41, 5.74) is 2.22. The van der Waals surface area contributed by atoms with Crippen molar-refractivity contribution in [3.05, 3.63) is 71.0 Å². The van der Waals surface area contributed by atoms with Crippen LogP contribution in [0.5, 0.6) is 0 Å². The molecule has 1 aliphatic rings. The Bertz CT molecular complexity index is 726. The first-order valence-electron chi connectivity index (χ1n) is 7.47. The fraction of sp³-hybridized carbons (Fsp3) is 0.222. The Morgan fingerprint density at radius 1 is 1.13 bits per heavy atom. The van der Waals surface area contributed by atoms with Crippen molar-refractivity contribution < 1.29 is 14.0 Å². The molecule has 1 aliphatic heterocycles. The Labute approximate surface area is 133 Å². The number of halogens is 1. The number of rotatable bonds is 2. The molecule has 2 aromatic rings. The van der Waals surface area contributed by atoms with Crippen LogP contribution in [-0.4, -0.2) is 29.8 Å². The van der Waals surface area contributed by atoms with Crippen molar-refractivity contribution >= 4 is 11.8 Å². The zero-order valence-electron chi connectivity index (χ0n) is 12.8. The molecule has 1 N–H and O–H groups in total. The molecule has 4 nitrogen and oxygen atoms in total. The van der Waals surface area contributed by atoms with E-state index in [1.807, 2.05) is 31.2 Å². The van der Waals surface area contributed by atoms with Gasteiger partial charge in [-0.05, 0) is 36.8 Å². The van der Waals surface area contributed by atoms with Gasteiger partial charge in [0.25, 0.3) is 5.91 Å². The molecule has 5 heteroatoms. The first kappa shape index (κ1) is 15.2. The Morgan fingerprint density at radius 2 is 1.78 bits per heavy atom. The summed E-state index contributed by atoms with van der Waals surface area (Å²) in [5.74, 6) is -0.867. The monoisotopic (exact) mass is 312 g/mol. The zero-order chi connectivity index (χ0) is 16.4. The van der Waals surface area contributed by atoms with Crippen LogP contribution in [0.2, 0.25) is 0 Å². The van der Waals surface area contributed by atoms with Crippen LogP contribution in [-0.2, 0) is 4.79 Å². The van der Waals surface area contributed by atoms with Gasteiger partial charge in [0.2, 0.25) is 5.91 Å². The molecule has 0 saturated carbocycles. The molecule has 3 rings (SSSR count). The van der Waals surface area contributed by atoms with Crippen LogP contribution >= 0.6 is 0 Å². The number of aryl methyl sites for hydroxylation is 1. The predicted molar refractivity (Wildman–Crippen MR) is 84.4 cm³/mol. The average Bonchev–Trinajstić information content (AvgIpc) is 2.56. The molecule has 2 aromatic carbocycles. The molecular weight excluding hydrogens is 295 g/mol. The Balaban J connectivity index is 1.94. The van der Waals surface area contributed by atoms with Crippen molar-refractivity contribution in [2.75, 3.05) is 13.1 Å². The fourth-order valence-corrected chi connectivity index (χ4v) is 2.72. The lowest BCUT2D eigenvalue weighted by molar-refractivity contribution is -0.128. The molecule has 0 aliphatic carbocycles. The first-order valence-corrected chi connectivity index (χ1v) is 7.47. The maximum absolute atomic E-state index is 13.0. The maximum atomic E-state index is 13.0. The minimum absolute atomic E-state index is 0.199. The van der Waals surface area contributed by atoms with E-state index in [1.54, 1.807) is 0 Å². The van der Waals surface area contributed by atoms with Crippen LogP contribution in [0.4, 0.5) is 4.39 Å².